The Hall–Kier alpha value is -1.81. The molecule has 1 aliphatic rings. The molecule has 0 bridgehead atoms. The van der Waals surface area contributed by atoms with Crippen LogP contribution in [0, 0.1) is 0 Å². The van der Waals surface area contributed by atoms with Gasteiger partial charge >= 0.3 is 0 Å². The van der Waals surface area contributed by atoms with Gasteiger partial charge in [-0.05, 0) is 23.6 Å². The van der Waals surface area contributed by atoms with Crippen LogP contribution >= 0.6 is 0 Å². The van der Waals surface area contributed by atoms with Crippen molar-refractivity contribution in [3.05, 3.63) is 35.5 Å². The summed E-state index contributed by atoms with van der Waals surface area (Å²) >= 11 is 0. The van der Waals surface area contributed by atoms with Gasteiger partial charge in [-0.15, -0.1) is 0 Å². The summed E-state index contributed by atoms with van der Waals surface area (Å²) in [6.45, 7) is 7.52. The first-order valence-corrected chi connectivity index (χ1v) is 7.61. The van der Waals surface area contributed by atoms with E-state index >= 15 is 0 Å². The standard InChI is InChI=1S/C17H23N3O/c1-12(2)16-9-14-13(5-4-6-15(14)18-16)10-20-8-7-19(3)17(21)11-20/h4-6,9,12,18H,7-8,10-11H2,1-3H3. The maximum absolute atomic E-state index is 11.8. The number of fused-ring (bicyclic) bond motifs is 1. The topological polar surface area (TPSA) is 39.3 Å². The molecule has 1 aromatic carbocycles. The lowest BCUT2D eigenvalue weighted by atomic mass is 10.1. The maximum Gasteiger partial charge on any atom is 0.236 e. The number of amides is 1. The molecule has 1 aliphatic heterocycles. The maximum atomic E-state index is 11.8. The van der Waals surface area contributed by atoms with Crippen LogP contribution < -0.4 is 0 Å². The number of benzene rings is 1. The van der Waals surface area contributed by atoms with E-state index in [1.54, 1.807) is 0 Å². The lowest BCUT2D eigenvalue weighted by Gasteiger charge is -2.32. The third-order valence-corrected chi connectivity index (χ3v) is 4.33. The second kappa shape index (κ2) is 5.53. The minimum Gasteiger partial charge on any atom is -0.358 e. The van der Waals surface area contributed by atoms with Crippen molar-refractivity contribution in [2.45, 2.75) is 26.3 Å². The molecule has 0 spiro atoms. The van der Waals surface area contributed by atoms with Gasteiger partial charge in [0, 0.05) is 43.3 Å². The number of H-pyrrole nitrogens is 1. The van der Waals surface area contributed by atoms with Crippen molar-refractivity contribution >= 4 is 16.8 Å². The fourth-order valence-electron chi connectivity index (χ4n) is 2.87. The molecule has 0 atom stereocenters. The van der Waals surface area contributed by atoms with Gasteiger partial charge in [0.1, 0.15) is 0 Å². The minimum absolute atomic E-state index is 0.213. The van der Waals surface area contributed by atoms with Crippen molar-refractivity contribution in [3.63, 3.8) is 0 Å². The first-order valence-electron chi connectivity index (χ1n) is 7.61. The van der Waals surface area contributed by atoms with Crippen LogP contribution in [0.15, 0.2) is 24.3 Å². The number of carbonyl (C=O) groups is 1. The highest BCUT2D eigenvalue weighted by Gasteiger charge is 2.21. The van der Waals surface area contributed by atoms with Gasteiger partial charge in [0.2, 0.25) is 5.91 Å². The predicted molar refractivity (Wildman–Crippen MR) is 85.3 cm³/mol. The number of likely N-dealkylation sites (N-methyl/N-ethyl adjacent to an activating group) is 1. The van der Waals surface area contributed by atoms with Crippen molar-refractivity contribution in [2.24, 2.45) is 0 Å². The Morgan fingerprint density at radius 1 is 1.29 bits per heavy atom. The van der Waals surface area contributed by atoms with Gasteiger partial charge in [-0.2, -0.15) is 0 Å². The van der Waals surface area contributed by atoms with E-state index < -0.39 is 0 Å². The molecule has 1 N–H and O–H groups in total. The van der Waals surface area contributed by atoms with Crippen LogP contribution in [0.1, 0.15) is 31.0 Å². The first-order chi connectivity index (χ1) is 10.0. The van der Waals surface area contributed by atoms with E-state index in [0.717, 1.165) is 19.6 Å². The smallest absolute Gasteiger partial charge is 0.236 e. The van der Waals surface area contributed by atoms with Crippen LogP contribution in [-0.2, 0) is 11.3 Å². The quantitative estimate of drug-likeness (QED) is 0.941. The second-order valence-corrected chi connectivity index (χ2v) is 6.28. The Morgan fingerprint density at radius 3 is 2.81 bits per heavy atom. The third kappa shape index (κ3) is 2.81. The number of piperazine rings is 1. The first kappa shape index (κ1) is 14.1. The number of aromatic amines is 1. The van der Waals surface area contributed by atoms with E-state index in [0.29, 0.717) is 12.5 Å². The normalized spacial score (nSPS) is 17.1. The molecule has 112 valence electrons. The summed E-state index contributed by atoms with van der Waals surface area (Å²) in [5.74, 6) is 0.709. The fourth-order valence-corrected chi connectivity index (χ4v) is 2.87. The van der Waals surface area contributed by atoms with Gasteiger partial charge in [-0.25, -0.2) is 0 Å². The zero-order valence-electron chi connectivity index (χ0n) is 13.0. The van der Waals surface area contributed by atoms with Crippen molar-refractivity contribution in [1.29, 1.82) is 0 Å². The fraction of sp³-hybridized carbons (Fsp3) is 0.471. The second-order valence-electron chi connectivity index (χ2n) is 6.28. The molecule has 0 saturated carbocycles. The predicted octanol–water partition coefficient (Wildman–Crippen LogP) is 2.57. The summed E-state index contributed by atoms with van der Waals surface area (Å²) in [7, 11) is 1.88. The third-order valence-electron chi connectivity index (χ3n) is 4.33. The van der Waals surface area contributed by atoms with Gasteiger partial charge in [0.15, 0.2) is 0 Å². The van der Waals surface area contributed by atoms with E-state index in [1.165, 1.54) is 22.2 Å². The number of hydrogen-bond donors (Lipinski definition) is 1. The molecule has 0 radical (unpaired) electrons. The number of nitrogens with zero attached hydrogens (tertiary/aromatic N) is 2. The Bertz CT molecular complexity index is 659. The molecule has 4 nitrogen and oxygen atoms in total. The lowest BCUT2D eigenvalue weighted by molar-refractivity contribution is -0.134. The molecule has 1 aromatic heterocycles. The molecule has 1 amide bonds. The van der Waals surface area contributed by atoms with E-state index in [2.05, 4.69) is 48.0 Å². The monoisotopic (exact) mass is 285 g/mol. The van der Waals surface area contributed by atoms with E-state index in [9.17, 15) is 4.79 Å². The van der Waals surface area contributed by atoms with Crippen molar-refractivity contribution in [1.82, 2.24) is 14.8 Å². The highest BCUT2D eigenvalue weighted by molar-refractivity contribution is 5.84. The zero-order chi connectivity index (χ0) is 15.0. The van der Waals surface area contributed by atoms with Crippen LogP contribution in [0.5, 0.6) is 0 Å². The summed E-state index contributed by atoms with van der Waals surface area (Å²) in [5, 5.41) is 1.28. The van der Waals surface area contributed by atoms with Crippen LogP contribution in [0.4, 0.5) is 0 Å². The van der Waals surface area contributed by atoms with Crippen molar-refractivity contribution in [2.75, 3.05) is 26.7 Å². The van der Waals surface area contributed by atoms with Crippen LogP contribution in [0.2, 0.25) is 0 Å². The molecule has 1 saturated heterocycles. The number of carbonyl (C=O) groups excluding carboxylic acids is 1. The van der Waals surface area contributed by atoms with E-state index in [4.69, 9.17) is 0 Å². The SMILES string of the molecule is CC(C)c1cc2c(CN3CCN(C)C(=O)C3)cccc2[nH]1. The Kier molecular flexibility index (Phi) is 3.72. The van der Waals surface area contributed by atoms with Gasteiger partial charge in [-0.3, -0.25) is 9.69 Å². The Labute approximate surface area is 125 Å². The molecule has 2 aromatic rings. The van der Waals surface area contributed by atoms with E-state index in [1.807, 2.05) is 11.9 Å². The van der Waals surface area contributed by atoms with Gasteiger partial charge in [0.25, 0.3) is 0 Å². The highest BCUT2D eigenvalue weighted by Crippen LogP contribution is 2.25. The Balaban J connectivity index is 1.85. The molecule has 0 unspecified atom stereocenters. The molecule has 3 rings (SSSR count). The lowest BCUT2D eigenvalue weighted by Crippen LogP contribution is -2.47. The van der Waals surface area contributed by atoms with Crippen LogP contribution in [-0.4, -0.2) is 47.4 Å². The molecular weight excluding hydrogens is 262 g/mol. The molecule has 21 heavy (non-hydrogen) atoms. The van der Waals surface area contributed by atoms with Gasteiger partial charge < -0.3 is 9.88 Å². The summed E-state index contributed by atoms with van der Waals surface area (Å²) in [6, 6.07) is 8.65. The zero-order valence-corrected chi connectivity index (χ0v) is 13.0. The average Bonchev–Trinajstić information content (AvgIpc) is 2.88. The molecule has 1 fully saturated rings. The Morgan fingerprint density at radius 2 is 2.10 bits per heavy atom. The molecular formula is C17H23N3O. The van der Waals surface area contributed by atoms with Gasteiger partial charge in [-0.1, -0.05) is 26.0 Å². The molecule has 0 aliphatic carbocycles. The van der Waals surface area contributed by atoms with E-state index in [-0.39, 0.29) is 5.91 Å². The highest BCUT2D eigenvalue weighted by atomic mass is 16.2. The molecule has 4 heteroatoms. The number of hydrogen-bond acceptors (Lipinski definition) is 2. The number of rotatable bonds is 3. The van der Waals surface area contributed by atoms with Crippen LogP contribution in [0.25, 0.3) is 10.9 Å². The summed E-state index contributed by atoms with van der Waals surface area (Å²) in [5.41, 5.74) is 3.76. The summed E-state index contributed by atoms with van der Waals surface area (Å²) in [4.78, 5) is 19.4. The van der Waals surface area contributed by atoms with Crippen molar-refractivity contribution in [3.8, 4) is 0 Å². The molecule has 2 heterocycles. The van der Waals surface area contributed by atoms with Gasteiger partial charge in [0.05, 0.1) is 6.54 Å². The average molecular weight is 285 g/mol. The number of aromatic nitrogens is 1. The summed E-state index contributed by atoms with van der Waals surface area (Å²) < 4.78 is 0. The number of nitrogens with one attached hydrogen (secondary N) is 1. The minimum atomic E-state index is 0.213. The van der Waals surface area contributed by atoms with Crippen molar-refractivity contribution < 1.29 is 4.79 Å². The largest absolute Gasteiger partial charge is 0.358 e. The van der Waals surface area contributed by atoms with Crippen LogP contribution in [0.3, 0.4) is 0 Å². The summed E-state index contributed by atoms with van der Waals surface area (Å²) in [6.07, 6.45) is 0.